The van der Waals surface area contributed by atoms with Gasteiger partial charge in [0.05, 0.1) is 30.5 Å². The molecule has 1 aliphatic rings. The van der Waals surface area contributed by atoms with Crippen LogP contribution in [0.25, 0.3) is 0 Å². The van der Waals surface area contributed by atoms with E-state index in [0.717, 1.165) is 11.1 Å². The standard InChI is InChI=1S/C38H37N5O4/c1-27(13-11-12-22-42-25-34(40-41-42)32(26-44)29-16-7-3-8-17-29)38(47)33-23-31(39-36(45)30-18-9-4-10-19-30)20-21-35(33)43(37(38)46)24-28-14-5-2-6-15-28/h2-11,13-21,23,25,27,32,44,47H,12,22,24,26H2,1H3,(H,39,45)/b13-11+/t27-,32?,38+/m0/s1. The first-order valence-corrected chi connectivity index (χ1v) is 15.7. The highest BCUT2D eigenvalue weighted by atomic mass is 16.3. The van der Waals surface area contributed by atoms with E-state index in [1.807, 2.05) is 92.0 Å². The van der Waals surface area contributed by atoms with Crippen molar-refractivity contribution in [3.63, 3.8) is 0 Å². The average Bonchev–Trinajstić information content (AvgIpc) is 3.65. The van der Waals surface area contributed by atoms with Gasteiger partial charge in [-0.1, -0.05) is 103 Å². The van der Waals surface area contributed by atoms with Gasteiger partial charge < -0.3 is 20.4 Å². The minimum absolute atomic E-state index is 0.0762. The normalized spacial score (nSPS) is 17.1. The van der Waals surface area contributed by atoms with E-state index in [4.69, 9.17) is 0 Å². The van der Waals surface area contributed by atoms with Crippen LogP contribution < -0.4 is 10.2 Å². The van der Waals surface area contributed by atoms with Crippen LogP contribution in [-0.2, 0) is 23.5 Å². The van der Waals surface area contributed by atoms with Gasteiger partial charge >= 0.3 is 0 Å². The summed E-state index contributed by atoms with van der Waals surface area (Å²) < 4.78 is 1.73. The van der Waals surface area contributed by atoms with E-state index in [2.05, 4.69) is 15.6 Å². The molecule has 0 aliphatic carbocycles. The first kappa shape index (κ1) is 31.6. The Labute approximate surface area is 273 Å². The van der Waals surface area contributed by atoms with Crippen molar-refractivity contribution < 1.29 is 19.8 Å². The van der Waals surface area contributed by atoms with E-state index in [9.17, 15) is 19.8 Å². The molecule has 5 aromatic rings. The Balaban J connectivity index is 1.20. The molecule has 3 atom stereocenters. The molecule has 47 heavy (non-hydrogen) atoms. The number of rotatable bonds is 12. The lowest BCUT2D eigenvalue weighted by atomic mass is 9.82. The summed E-state index contributed by atoms with van der Waals surface area (Å²) in [5.41, 5.74) is 2.78. The number of hydrogen-bond donors (Lipinski definition) is 3. The molecule has 0 saturated heterocycles. The van der Waals surface area contributed by atoms with Crippen molar-refractivity contribution in [2.45, 2.75) is 38.0 Å². The molecule has 0 bridgehead atoms. The first-order valence-electron chi connectivity index (χ1n) is 15.7. The topological polar surface area (TPSA) is 121 Å². The van der Waals surface area contributed by atoms with E-state index < -0.39 is 17.4 Å². The number of allylic oxidation sites excluding steroid dienone is 1. The molecule has 4 aromatic carbocycles. The lowest BCUT2D eigenvalue weighted by Gasteiger charge is -2.28. The van der Waals surface area contributed by atoms with Gasteiger partial charge in [-0.2, -0.15) is 0 Å². The lowest BCUT2D eigenvalue weighted by molar-refractivity contribution is -0.139. The zero-order valence-electron chi connectivity index (χ0n) is 26.1. The fourth-order valence-corrected chi connectivity index (χ4v) is 6.02. The number of aromatic nitrogens is 3. The molecular weight excluding hydrogens is 590 g/mol. The van der Waals surface area contributed by atoms with Crippen molar-refractivity contribution in [2.75, 3.05) is 16.8 Å². The molecule has 1 aliphatic heterocycles. The summed E-state index contributed by atoms with van der Waals surface area (Å²) in [4.78, 5) is 28.6. The Morgan fingerprint density at radius 2 is 1.64 bits per heavy atom. The number of nitrogens with one attached hydrogen (secondary N) is 1. The molecule has 9 heteroatoms. The summed E-state index contributed by atoms with van der Waals surface area (Å²) in [6.45, 7) is 2.57. The lowest BCUT2D eigenvalue weighted by Crippen LogP contribution is -2.44. The number of aliphatic hydroxyl groups excluding tert-OH is 1. The predicted molar refractivity (Wildman–Crippen MR) is 181 cm³/mol. The second-order valence-corrected chi connectivity index (χ2v) is 11.8. The second-order valence-electron chi connectivity index (χ2n) is 11.8. The summed E-state index contributed by atoms with van der Waals surface area (Å²) in [6, 6.07) is 33.5. The predicted octanol–water partition coefficient (Wildman–Crippen LogP) is 5.67. The van der Waals surface area contributed by atoms with Crippen molar-refractivity contribution in [3.8, 4) is 0 Å². The zero-order chi connectivity index (χ0) is 32.8. The number of aryl methyl sites for hydroxylation is 1. The Hall–Kier alpha value is -5.38. The third-order valence-electron chi connectivity index (χ3n) is 8.65. The van der Waals surface area contributed by atoms with Crippen molar-refractivity contribution >= 4 is 23.2 Å². The largest absolute Gasteiger partial charge is 0.395 e. The van der Waals surface area contributed by atoms with Crippen LogP contribution in [0.2, 0.25) is 0 Å². The van der Waals surface area contributed by atoms with Gasteiger partial charge in [-0.05, 0) is 47.9 Å². The maximum Gasteiger partial charge on any atom is 0.264 e. The van der Waals surface area contributed by atoms with Crippen LogP contribution in [0.1, 0.15) is 52.0 Å². The Kier molecular flexibility index (Phi) is 9.37. The molecule has 2 heterocycles. The van der Waals surface area contributed by atoms with Crippen molar-refractivity contribution in [1.29, 1.82) is 0 Å². The van der Waals surface area contributed by atoms with Gasteiger partial charge in [0.1, 0.15) is 0 Å². The van der Waals surface area contributed by atoms with Gasteiger partial charge in [0.2, 0.25) is 0 Å². The summed E-state index contributed by atoms with van der Waals surface area (Å²) >= 11 is 0. The van der Waals surface area contributed by atoms with Gasteiger partial charge in [-0.25, -0.2) is 0 Å². The van der Waals surface area contributed by atoms with Crippen molar-refractivity contribution in [3.05, 3.63) is 155 Å². The van der Waals surface area contributed by atoms with E-state index in [1.54, 1.807) is 52.0 Å². The Morgan fingerprint density at radius 1 is 0.957 bits per heavy atom. The molecule has 0 saturated carbocycles. The average molecular weight is 628 g/mol. The zero-order valence-corrected chi connectivity index (χ0v) is 26.1. The molecule has 0 spiro atoms. The van der Waals surface area contributed by atoms with Crippen LogP contribution in [0.15, 0.2) is 128 Å². The van der Waals surface area contributed by atoms with E-state index in [-0.39, 0.29) is 18.4 Å². The molecular formula is C38H37N5O4. The highest BCUT2D eigenvalue weighted by Crippen LogP contribution is 2.47. The van der Waals surface area contributed by atoms with E-state index >= 15 is 0 Å². The quantitative estimate of drug-likeness (QED) is 0.153. The van der Waals surface area contributed by atoms with Gasteiger partial charge in [-0.3, -0.25) is 14.3 Å². The van der Waals surface area contributed by atoms with Crippen LogP contribution in [0.5, 0.6) is 0 Å². The number of carbonyl (C=O) groups is 2. The van der Waals surface area contributed by atoms with Crippen molar-refractivity contribution in [2.24, 2.45) is 5.92 Å². The second kappa shape index (κ2) is 13.9. The number of anilines is 2. The Bertz CT molecular complexity index is 1860. The number of amides is 2. The highest BCUT2D eigenvalue weighted by Gasteiger charge is 2.52. The highest BCUT2D eigenvalue weighted by molar-refractivity contribution is 6.09. The van der Waals surface area contributed by atoms with E-state index in [0.29, 0.717) is 47.7 Å². The first-order chi connectivity index (χ1) is 22.9. The Morgan fingerprint density at radius 3 is 2.34 bits per heavy atom. The van der Waals surface area contributed by atoms with E-state index in [1.165, 1.54) is 0 Å². The van der Waals surface area contributed by atoms with Crippen LogP contribution in [0.4, 0.5) is 11.4 Å². The van der Waals surface area contributed by atoms with Gasteiger partial charge in [0, 0.05) is 35.5 Å². The van der Waals surface area contributed by atoms with Gasteiger partial charge in [-0.15, -0.1) is 5.10 Å². The minimum atomic E-state index is -1.85. The smallest absolute Gasteiger partial charge is 0.264 e. The maximum atomic E-state index is 14.1. The van der Waals surface area contributed by atoms with Gasteiger partial charge in [0.25, 0.3) is 11.8 Å². The fourth-order valence-electron chi connectivity index (χ4n) is 6.02. The molecule has 1 unspecified atom stereocenters. The molecule has 3 N–H and O–H groups in total. The summed E-state index contributed by atoms with van der Waals surface area (Å²) in [5.74, 6) is -1.54. The minimum Gasteiger partial charge on any atom is -0.395 e. The number of carbonyl (C=O) groups excluding carboxylic acids is 2. The van der Waals surface area contributed by atoms with Crippen LogP contribution in [0, 0.1) is 5.92 Å². The molecule has 238 valence electrons. The SMILES string of the molecule is C[C@@H](/C=C/CCn1cc(C(CO)c2ccccc2)nn1)[C@]1(O)C(=O)N(Cc2ccccc2)c2ccc(NC(=O)c3ccccc3)cc21. The monoisotopic (exact) mass is 627 g/mol. The molecule has 2 amide bonds. The van der Waals surface area contributed by atoms with Crippen LogP contribution in [0.3, 0.4) is 0 Å². The fraction of sp³-hybridized carbons (Fsp3) is 0.211. The maximum absolute atomic E-state index is 14.1. The molecule has 0 fully saturated rings. The third kappa shape index (κ3) is 6.63. The van der Waals surface area contributed by atoms with Gasteiger partial charge in [0.15, 0.2) is 5.60 Å². The summed E-state index contributed by atoms with van der Waals surface area (Å²) in [6.07, 6.45) is 6.20. The molecule has 6 rings (SSSR count). The number of nitrogens with zero attached hydrogens (tertiary/aromatic N) is 4. The number of benzene rings is 4. The van der Waals surface area contributed by atoms with Crippen molar-refractivity contribution in [1.82, 2.24) is 15.0 Å². The van der Waals surface area contributed by atoms with Crippen LogP contribution >= 0.6 is 0 Å². The number of hydrogen-bond acceptors (Lipinski definition) is 6. The number of fused-ring (bicyclic) bond motifs is 1. The number of aliphatic hydroxyl groups is 2. The molecule has 0 radical (unpaired) electrons. The summed E-state index contributed by atoms with van der Waals surface area (Å²) in [7, 11) is 0. The molecule has 9 nitrogen and oxygen atoms in total. The third-order valence-corrected chi connectivity index (χ3v) is 8.65. The van der Waals surface area contributed by atoms with Crippen LogP contribution in [-0.4, -0.2) is 43.6 Å². The molecule has 1 aromatic heterocycles. The summed E-state index contributed by atoms with van der Waals surface area (Å²) in [5, 5.41) is 33.6.